The average molecular weight is 326 g/mol. The maximum atomic E-state index is 12.3. The first-order chi connectivity index (χ1) is 11.6. The summed E-state index contributed by atoms with van der Waals surface area (Å²) < 4.78 is 5.00. The minimum atomic E-state index is -0.121. The molecule has 0 amide bonds. The molecule has 0 aromatic heterocycles. The average Bonchev–Trinajstić information content (AvgIpc) is 2.60. The molecule has 0 bridgehead atoms. The van der Waals surface area contributed by atoms with Crippen LogP contribution in [0.1, 0.15) is 56.3 Å². The first-order valence-corrected chi connectivity index (χ1v) is 8.80. The Hall–Kier alpha value is -2.16. The van der Waals surface area contributed by atoms with Crippen molar-refractivity contribution in [1.29, 1.82) is 0 Å². The standard InChI is InChI=1S/C21H26O3/c1-3-24-21(23)16(2)9-5-4-6-12-20(22)19-14-13-17-10-7-8-11-18(17)15-19/h7-8,10-11,13-16H,3-6,9,12H2,1-2H3. The molecule has 2 aromatic carbocycles. The van der Waals surface area contributed by atoms with Crippen molar-refractivity contribution in [3.8, 4) is 0 Å². The molecule has 1 unspecified atom stereocenters. The maximum absolute atomic E-state index is 12.3. The highest BCUT2D eigenvalue weighted by atomic mass is 16.5. The van der Waals surface area contributed by atoms with Crippen molar-refractivity contribution in [1.82, 2.24) is 0 Å². The number of benzene rings is 2. The van der Waals surface area contributed by atoms with Crippen LogP contribution in [0, 0.1) is 5.92 Å². The highest BCUT2D eigenvalue weighted by Gasteiger charge is 2.13. The largest absolute Gasteiger partial charge is 0.466 e. The van der Waals surface area contributed by atoms with Crippen LogP contribution in [-0.4, -0.2) is 18.4 Å². The Morgan fingerprint density at radius 2 is 1.75 bits per heavy atom. The van der Waals surface area contributed by atoms with Crippen molar-refractivity contribution < 1.29 is 14.3 Å². The third-order valence-corrected chi connectivity index (χ3v) is 4.30. The Morgan fingerprint density at radius 1 is 1.00 bits per heavy atom. The second-order valence-corrected chi connectivity index (χ2v) is 6.24. The summed E-state index contributed by atoms with van der Waals surface area (Å²) in [4.78, 5) is 23.8. The van der Waals surface area contributed by atoms with Gasteiger partial charge in [0, 0.05) is 12.0 Å². The summed E-state index contributed by atoms with van der Waals surface area (Å²) in [5, 5.41) is 2.26. The molecule has 0 aliphatic heterocycles. The topological polar surface area (TPSA) is 43.4 Å². The molecule has 2 rings (SSSR count). The first kappa shape index (κ1) is 18.2. The first-order valence-electron chi connectivity index (χ1n) is 8.80. The molecule has 0 spiro atoms. The van der Waals surface area contributed by atoms with E-state index in [-0.39, 0.29) is 17.7 Å². The van der Waals surface area contributed by atoms with E-state index in [1.807, 2.05) is 56.3 Å². The molecule has 1 atom stereocenters. The van der Waals surface area contributed by atoms with Crippen LogP contribution in [0.5, 0.6) is 0 Å². The molecule has 0 N–H and O–H groups in total. The summed E-state index contributed by atoms with van der Waals surface area (Å²) in [7, 11) is 0. The van der Waals surface area contributed by atoms with E-state index in [0.29, 0.717) is 13.0 Å². The predicted octanol–water partition coefficient (Wildman–Crippen LogP) is 5.17. The van der Waals surface area contributed by atoms with Gasteiger partial charge >= 0.3 is 5.97 Å². The van der Waals surface area contributed by atoms with E-state index in [4.69, 9.17) is 4.74 Å². The zero-order chi connectivity index (χ0) is 17.4. The van der Waals surface area contributed by atoms with Crippen LogP contribution in [0.4, 0.5) is 0 Å². The number of unbranched alkanes of at least 4 members (excludes halogenated alkanes) is 2. The Bertz CT molecular complexity index is 690. The number of ketones is 1. The van der Waals surface area contributed by atoms with Crippen molar-refractivity contribution in [2.75, 3.05) is 6.61 Å². The lowest BCUT2D eigenvalue weighted by Gasteiger charge is -2.09. The monoisotopic (exact) mass is 326 g/mol. The van der Waals surface area contributed by atoms with Gasteiger partial charge in [-0.25, -0.2) is 0 Å². The van der Waals surface area contributed by atoms with Crippen molar-refractivity contribution in [2.45, 2.75) is 46.0 Å². The summed E-state index contributed by atoms with van der Waals surface area (Å²) in [6, 6.07) is 14.0. The third kappa shape index (κ3) is 5.19. The molecular formula is C21H26O3. The van der Waals surface area contributed by atoms with Gasteiger partial charge in [0.25, 0.3) is 0 Å². The van der Waals surface area contributed by atoms with Crippen molar-refractivity contribution >= 4 is 22.5 Å². The minimum Gasteiger partial charge on any atom is -0.466 e. The van der Waals surface area contributed by atoms with E-state index in [1.165, 1.54) is 0 Å². The summed E-state index contributed by atoms with van der Waals surface area (Å²) in [6.07, 6.45) is 4.16. The quantitative estimate of drug-likeness (QED) is 0.362. The van der Waals surface area contributed by atoms with Crippen LogP contribution in [0.3, 0.4) is 0 Å². The van der Waals surface area contributed by atoms with Gasteiger partial charge in [-0.05, 0) is 36.6 Å². The van der Waals surface area contributed by atoms with E-state index in [9.17, 15) is 9.59 Å². The van der Waals surface area contributed by atoms with Crippen LogP contribution in [0.2, 0.25) is 0 Å². The number of fused-ring (bicyclic) bond motifs is 1. The molecule has 0 saturated carbocycles. The van der Waals surface area contributed by atoms with Crippen LogP contribution in [0.25, 0.3) is 10.8 Å². The zero-order valence-electron chi connectivity index (χ0n) is 14.6. The molecule has 128 valence electrons. The van der Waals surface area contributed by atoms with Crippen LogP contribution >= 0.6 is 0 Å². The normalized spacial score (nSPS) is 12.1. The molecule has 2 aromatic rings. The number of Topliss-reactive ketones (excluding diaryl/α,β-unsaturated/α-hetero) is 1. The molecule has 24 heavy (non-hydrogen) atoms. The smallest absolute Gasteiger partial charge is 0.308 e. The number of carbonyl (C=O) groups excluding carboxylic acids is 2. The number of rotatable bonds is 9. The van der Waals surface area contributed by atoms with Crippen LogP contribution < -0.4 is 0 Å². The lowest BCUT2D eigenvalue weighted by atomic mass is 9.99. The minimum absolute atomic E-state index is 0.0545. The summed E-state index contributed by atoms with van der Waals surface area (Å²) in [6.45, 7) is 4.16. The van der Waals surface area contributed by atoms with E-state index < -0.39 is 0 Å². The Labute approximate surface area is 144 Å². The van der Waals surface area contributed by atoms with Gasteiger partial charge < -0.3 is 4.74 Å². The van der Waals surface area contributed by atoms with Gasteiger partial charge in [0.15, 0.2) is 5.78 Å². The highest BCUT2D eigenvalue weighted by Crippen LogP contribution is 2.18. The van der Waals surface area contributed by atoms with Gasteiger partial charge in [0.2, 0.25) is 0 Å². The van der Waals surface area contributed by atoms with Crippen molar-refractivity contribution in [3.05, 3.63) is 48.0 Å². The van der Waals surface area contributed by atoms with E-state index in [1.54, 1.807) is 0 Å². The van der Waals surface area contributed by atoms with E-state index in [2.05, 4.69) is 0 Å². The Balaban J connectivity index is 1.73. The van der Waals surface area contributed by atoms with Gasteiger partial charge in [-0.15, -0.1) is 0 Å². The molecule has 0 radical (unpaired) electrons. The number of esters is 1. The van der Waals surface area contributed by atoms with Gasteiger partial charge in [-0.3, -0.25) is 9.59 Å². The van der Waals surface area contributed by atoms with E-state index in [0.717, 1.165) is 42.0 Å². The molecule has 0 fully saturated rings. The summed E-state index contributed by atoms with van der Waals surface area (Å²) >= 11 is 0. The second kappa shape index (κ2) is 9.21. The fourth-order valence-electron chi connectivity index (χ4n) is 2.82. The molecular weight excluding hydrogens is 300 g/mol. The Morgan fingerprint density at radius 3 is 2.50 bits per heavy atom. The van der Waals surface area contributed by atoms with Gasteiger partial charge in [0.1, 0.15) is 0 Å². The Kier molecular flexibility index (Phi) is 6.98. The molecule has 0 aliphatic rings. The lowest BCUT2D eigenvalue weighted by Crippen LogP contribution is -2.14. The SMILES string of the molecule is CCOC(=O)C(C)CCCCCC(=O)c1ccc2ccccc2c1. The zero-order valence-corrected chi connectivity index (χ0v) is 14.6. The molecule has 0 heterocycles. The van der Waals surface area contributed by atoms with Gasteiger partial charge in [-0.1, -0.05) is 56.2 Å². The molecule has 3 heteroatoms. The van der Waals surface area contributed by atoms with Gasteiger partial charge in [0.05, 0.1) is 12.5 Å². The number of carbonyl (C=O) groups is 2. The number of hydrogen-bond acceptors (Lipinski definition) is 3. The van der Waals surface area contributed by atoms with Crippen LogP contribution in [-0.2, 0) is 9.53 Å². The fraction of sp³-hybridized carbons (Fsp3) is 0.429. The fourth-order valence-corrected chi connectivity index (χ4v) is 2.82. The van der Waals surface area contributed by atoms with Crippen LogP contribution in [0.15, 0.2) is 42.5 Å². The highest BCUT2D eigenvalue weighted by molar-refractivity contribution is 5.99. The van der Waals surface area contributed by atoms with Crippen molar-refractivity contribution in [2.24, 2.45) is 5.92 Å². The number of ether oxygens (including phenoxy) is 1. The summed E-state index contributed by atoms with van der Waals surface area (Å²) in [5.74, 6) is 0.0186. The predicted molar refractivity (Wildman–Crippen MR) is 97.2 cm³/mol. The summed E-state index contributed by atoms with van der Waals surface area (Å²) in [5.41, 5.74) is 0.786. The maximum Gasteiger partial charge on any atom is 0.308 e. The van der Waals surface area contributed by atoms with Gasteiger partial charge in [-0.2, -0.15) is 0 Å². The molecule has 0 aliphatic carbocycles. The van der Waals surface area contributed by atoms with E-state index >= 15 is 0 Å². The number of hydrogen-bond donors (Lipinski definition) is 0. The molecule has 0 saturated heterocycles. The van der Waals surface area contributed by atoms with Crippen molar-refractivity contribution in [3.63, 3.8) is 0 Å². The second-order valence-electron chi connectivity index (χ2n) is 6.24. The lowest BCUT2D eigenvalue weighted by molar-refractivity contribution is -0.147. The molecule has 3 nitrogen and oxygen atoms in total. The third-order valence-electron chi connectivity index (χ3n) is 4.30.